The van der Waals surface area contributed by atoms with Gasteiger partial charge in [0.25, 0.3) is 0 Å². The first-order valence-corrected chi connectivity index (χ1v) is 52.1. The number of halogens is 7. The van der Waals surface area contributed by atoms with Gasteiger partial charge in [0.15, 0.2) is 0 Å². The molecule has 2 heterocycles. The van der Waals surface area contributed by atoms with E-state index in [2.05, 4.69) is 418 Å². The highest BCUT2D eigenvalue weighted by Gasteiger charge is 2.48. The maximum Gasteiger partial charge on any atom is 0.416 e. The topological polar surface area (TPSA) is 48.0 Å². The van der Waals surface area contributed by atoms with E-state index in [9.17, 15) is 26.3 Å². The molecule has 18 rings (SSSR count). The Morgan fingerprint density at radius 2 is 0.566 bits per heavy atom. The van der Waals surface area contributed by atoms with E-state index in [1.54, 1.807) is 24.7 Å². The summed E-state index contributed by atoms with van der Waals surface area (Å²) in [6, 6.07) is 79.9. The van der Waals surface area contributed by atoms with E-state index >= 15 is 0 Å². The summed E-state index contributed by atoms with van der Waals surface area (Å²) in [7, 11) is 0. The number of alkyl halides is 6. The van der Waals surface area contributed by atoms with Crippen molar-refractivity contribution in [3.8, 4) is 44.9 Å². The molecule has 2 aromatic heterocycles. The minimum atomic E-state index is -4.49. The van der Waals surface area contributed by atoms with Crippen LogP contribution in [0.5, 0.6) is 0 Å². The highest BCUT2D eigenvalue weighted by atomic mass is 35.5. The molecule has 760 valence electrons. The zero-order valence-corrected chi connectivity index (χ0v) is 93.0. The van der Waals surface area contributed by atoms with E-state index in [0.717, 1.165) is 114 Å². The number of furan rings is 2. The lowest BCUT2D eigenvalue weighted by Crippen LogP contribution is -2.34. The number of aryl methyl sites for hydroxylation is 2. The number of rotatable bonds is 13. The van der Waals surface area contributed by atoms with Gasteiger partial charge in [-0.25, -0.2) is 0 Å². The molecule has 0 amide bonds. The van der Waals surface area contributed by atoms with E-state index in [4.69, 9.17) is 20.4 Å². The molecule has 0 fully saturated rings. The molecule has 145 heavy (non-hydrogen) atoms. The van der Waals surface area contributed by atoms with Crippen LogP contribution in [0, 0.1) is 27.7 Å². The number of hydrogen-bond donors (Lipinski definition) is 1. The molecular formula is C132H151ClF6N4O2. The van der Waals surface area contributed by atoms with Crippen molar-refractivity contribution in [1.82, 2.24) is 0 Å². The lowest BCUT2D eigenvalue weighted by atomic mass is 9.61. The predicted octanol–water partition coefficient (Wildman–Crippen LogP) is 40.8. The minimum Gasteiger partial charge on any atom is -0.462 e. The maximum absolute atomic E-state index is 14.3. The summed E-state index contributed by atoms with van der Waals surface area (Å²) in [6.07, 6.45) is -0.872. The van der Waals surface area contributed by atoms with Gasteiger partial charge in [-0.15, -0.1) is 0 Å². The van der Waals surface area contributed by atoms with Gasteiger partial charge in [0.05, 0.1) is 33.9 Å². The molecule has 0 radical (unpaired) electrons. The smallest absolute Gasteiger partial charge is 0.416 e. The van der Waals surface area contributed by atoms with Crippen LogP contribution in [0.1, 0.15) is 345 Å². The van der Waals surface area contributed by atoms with Crippen molar-refractivity contribution < 1.29 is 35.2 Å². The Morgan fingerprint density at radius 3 is 0.924 bits per heavy atom. The van der Waals surface area contributed by atoms with Crippen molar-refractivity contribution in [2.24, 2.45) is 0 Å². The van der Waals surface area contributed by atoms with Crippen molar-refractivity contribution in [2.45, 2.75) is 338 Å². The second-order valence-corrected chi connectivity index (χ2v) is 52.1. The van der Waals surface area contributed by atoms with Gasteiger partial charge in [0, 0.05) is 89.0 Å². The summed E-state index contributed by atoms with van der Waals surface area (Å²) in [5.74, 6) is 0.973. The fourth-order valence-electron chi connectivity index (χ4n) is 22.9. The Bertz CT molecular complexity index is 7240. The third kappa shape index (κ3) is 20.6. The van der Waals surface area contributed by atoms with Gasteiger partial charge in [-0.1, -0.05) is 316 Å². The normalized spacial score (nSPS) is 15.8. The van der Waals surface area contributed by atoms with E-state index in [1.807, 2.05) is 32.0 Å². The number of anilines is 11. The van der Waals surface area contributed by atoms with E-state index in [-0.39, 0.29) is 54.1 Å². The van der Waals surface area contributed by atoms with Crippen LogP contribution in [-0.4, -0.2) is 0 Å². The van der Waals surface area contributed by atoms with Gasteiger partial charge in [0.2, 0.25) is 0 Å². The second kappa shape index (κ2) is 37.0. The van der Waals surface area contributed by atoms with Gasteiger partial charge in [0.1, 0.15) is 24.0 Å². The fraction of sp³-hybridized carbons (Fsp3) is 0.394. The zero-order chi connectivity index (χ0) is 106. The number of hydrogen-bond acceptors (Lipinski definition) is 6. The molecule has 0 saturated carbocycles. The Hall–Kier alpha value is -11.7. The van der Waals surface area contributed by atoms with Gasteiger partial charge in [-0.3, -0.25) is 0 Å². The number of nitrogens with one attached hydrogen (secondary N) is 1. The largest absolute Gasteiger partial charge is 0.462 e. The van der Waals surface area contributed by atoms with Crippen molar-refractivity contribution in [1.29, 1.82) is 0 Å². The van der Waals surface area contributed by atoms with Crippen LogP contribution in [-0.2, 0) is 77.3 Å². The molecule has 4 aliphatic rings. The first-order valence-electron chi connectivity index (χ1n) is 51.7. The Balaban J connectivity index is 0.000000174. The van der Waals surface area contributed by atoms with Crippen LogP contribution in [0.4, 0.5) is 88.9 Å². The highest BCUT2D eigenvalue weighted by Crippen LogP contribution is 2.61. The average molecular weight is 1980 g/mol. The van der Waals surface area contributed by atoms with Crippen molar-refractivity contribution in [2.75, 3.05) is 20.0 Å². The maximum atomic E-state index is 14.3. The van der Waals surface area contributed by atoms with Gasteiger partial charge >= 0.3 is 12.4 Å². The van der Waals surface area contributed by atoms with Crippen molar-refractivity contribution >= 4 is 74.2 Å². The Labute approximate surface area is 866 Å². The lowest BCUT2D eigenvalue weighted by Gasteiger charge is -2.43. The van der Waals surface area contributed by atoms with Gasteiger partial charge < -0.3 is 28.9 Å². The molecule has 0 bridgehead atoms. The number of nitrogens with zero attached hydrogens (tertiary/aromatic N) is 3. The van der Waals surface area contributed by atoms with Crippen LogP contribution in [0.2, 0.25) is 5.02 Å². The standard InChI is InChI=1S/C66H75F3N2O.C42H52ClN.C24H24F3NO/c1-40-34-48(38-49(35-40)71(47-26-20-43(21-27-47)61(6,7)8)56-39-72-59-52-37-45(66(67,68)69)22-29-53(52)65(16,17)58(56)59)70(46-24-18-42(19-25-46)60(3,4)5)55-31-23-44(62(9,10)11)36-51(55)50-28-30-54-57(41(50)2)64(14,15)33-32-63(54,12)13;1-27-23-31(43)26-33(24-27)44(32-16-13-29(14-17-32)39(3,4)5)37-20-15-30(40(6,7)8)25-35(37)34-18-19-36-38(28(34)2)42(11,12)22-21-41(36,9)10;1-22(2,3)14-6-9-16(10-7-14)28-19-13-29-21-17-12-15(24(25,26)27)8-11-18(17)23(4,5)20(19)21/h18-31,34-39H,32-33H2,1-17H3;13-20,23-26H,21-22H2,1-12H3;6-13,28H,1-5H3. The molecule has 0 saturated heterocycles. The molecule has 13 heteroatoms. The van der Waals surface area contributed by atoms with Crippen LogP contribution in [0.15, 0.2) is 252 Å². The number of fused-ring (bicyclic) bond motifs is 8. The molecular weight excluding hydrogens is 1820 g/mol. The monoisotopic (exact) mass is 1970 g/mol. The summed E-state index contributed by atoms with van der Waals surface area (Å²) in [5.41, 5.74) is 36.3. The molecule has 0 unspecified atom stereocenters. The minimum absolute atomic E-state index is 0.0129. The third-order valence-corrected chi connectivity index (χ3v) is 31.9. The zero-order valence-electron chi connectivity index (χ0n) is 92.2. The number of benzene rings is 12. The summed E-state index contributed by atoms with van der Waals surface area (Å²) < 4.78 is 94.6. The first kappa shape index (κ1) is 106. The first-order chi connectivity index (χ1) is 67.0. The predicted molar refractivity (Wildman–Crippen MR) is 600 cm³/mol. The summed E-state index contributed by atoms with van der Waals surface area (Å²) >= 11 is 6.73. The summed E-state index contributed by atoms with van der Waals surface area (Å²) in [6.45, 7) is 76.9. The third-order valence-electron chi connectivity index (χ3n) is 31.7. The van der Waals surface area contributed by atoms with Crippen LogP contribution in [0.25, 0.3) is 44.9 Å². The quantitative estimate of drug-likeness (QED) is 0.116. The summed E-state index contributed by atoms with van der Waals surface area (Å²) in [5, 5.41) is 4.13. The highest BCUT2D eigenvalue weighted by molar-refractivity contribution is 6.31. The van der Waals surface area contributed by atoms with Crippen molar-refractivity contribution in [3.05, 3.63) is 359 Å². The van der Waals surface area contributed by atoms with Crippen LogP contribution >= 0.6 is 11.6 Å². The summed E-state index contributed by atoms with van der Waals surface area (Å²) in [4.78, 5) is 7.07. The lowest BCUT2D eigenvalue weighted by molar-refractivity contribution is -0.138. The SMILES string of the molecule is CC(C)(C)c1ccc(Nc2coc3c2C(C)(C)c2ccc(C(F)(F)F)cc2-3)cc1.Cc1cc(Cl)cc(N(c2ccc(C(C)(C)C)cc2)c2ccc(C(C)(C)C)cc2-c2ccc3c(c2C)C(C)(C)CCC3(C)C)c1.Cc1cc(N(c2ccc(C(C)(C)C)cc2)c2ccc(C(C)(C)C)cc2-c2ccc3c(c2C)C(C)(C)CCC3(C)C)cc(N(c2ccc(C(C)(C)C)cc2)c2coc3c2C(C)(C)c2ccc(C(F)(F)F)cc2-3)c1. The van der Waals surface area contributed by atoms with Gasteiger partial charge in [-0.05, 0) is 341 Å². The second-order valence-electron chi connectivity index (χ2n) is 51.6. The van der Waals surface area contributed by atoms with Crippen molar-refractivity contribution in [3.63, 3.8) is 0 Å². The average Bonchev–Trinajstić information content (AvgIpc) is 1.54. The molecule has 6 nitrogen and oxygen atoms in total. The molecule has 0 aliphatic heterocycles. The van der Waals surface area contributed by atoms with E-state index < -0.39 is 34.3 Å². The van der Waals surface area contributed by atoms with Gasteiger partial charge in [-0.2, -0.15) is 26.3 Å². The molecule has 14 aromatic rings. The van der Waals surface area contributed by atoms with Crippen LogP contribution in [0.3, 0.4) is 0 Å². The molecule has 0 spiro atoms. The Morgan fingerprint density at radius 1 is 0.269 bits per heavy atom. The molecule has 1 N–H and O–H groups in total. The fourth-order valence-corrected chi connectivity index (χ4v) is 23.2. The Kier molecular flexibility index (Phi) is 27.0. The molecule has 0 atom stereocenters. The van der Waals surface area contributed by atoms with E-state index in [1.165, 1.54) is 126 Å². The molecule has 4 aliphatic carbocycles. The molecule has 12 aromatic carbocycles. The van der Waals surface area contributed by atoms with Crippen LogP contribution < -0.4 is 20.0 Å². The van der Waals surface area contributed by atoms with E-state index in [0.29, 0.717) is 22.6 Å².